The standard InChI is InChI=1S/C15H24ClN3/c1-3-8-17-14(13-10-6-5-7-11(10)13)15-12(16)9-18-19(15)4-2/h9-11,13-14,17H,3-8H2,1-2H3. The zero-order valence-corrected chi connectivity index (χ0v) is 12.7. The fourth-order valence-electron chi connectivity index (χ4n) is 4.02. The Morgan fingerprint density at radius 2 is 2.16 bits per heavy atom. The minimum Gasteiger partial charge on any atom is -0.308 e. The van der Waals surface area contributed by atoms with Crippen LogP contribution in [0.4, 0.5) is 0 Å². The van der Waals surface area contributed by atoms with Crippen molar-refractivity contribution in [2.24, 2.45) is 17.8 Å². The summed E-state index contributed by atoms with van der Waals surface area (Å²) in [6.45, 7) is 6.31. The molecule has 3 unspecified atom stereocenters. The summed E-state index contributed by atoms with van der Waals surface area (Å²) in [5.74, 6) is 2.66. The normalized spacial score (nSPS) is 30.4. The van der Waals surface area contributed by atoms with Crippen molar-refractivity contribution in [3.63, 3.8) is 0 Å². The lowest BCUT2D eigenvalue weighted by Crippen LogP contribution is -2.28. The van der Waals surface area contributed by atoms with Crippen molar-refractivity contribution in [3.05, 3.63) is 16.9 Å². The number of aryl methyl sites for hydroxylation is 1. The van der Waals surface area contributed by atoms with Crippen molar-refractivity contribution in [2.75, 3.05) is 6.54 Å². The molecule has 2 fully saturated rings. The third kappa shape index (κ3) is 2.31. The molecule has 3 rings (SSSR count). The van der Waals surface area contributed by atoms with Gasteiger partial charge in [0.2, 0.25) is 0 Å². The van der Waals surface area contributed by atoms with Gasteiger partial charge in [-0.05, 0) is 50.5 Å². The molecule has 2 aliphatic rings. The molecule has 1 aromatic rings. The van der Waals surface area contributed by atoms with E-state index in [2.05, 4.69) is 28.9 Å². The Labute approximate surface area is 120 Å². The molecule has 2 aliphatic carbocycles. The van der Waals surface area contributed by atoms with Crippen molar-refractivity contribution < 1.29 is 0 Å². The predicted octanol–water partition coefficient (Wildman–Crippen LogP) is 3.64. The largest absolute Gasteiger partial charge is 0.308 e. The summed E-state index contributed by atoms with van der Waals surface area (Å²) >= 11 is 6.40. The van der Waals surface area contributed by atoms with Crippen LogP contribution in [-0.2, 0) is 6.54 Å². The SMILES string of the molecule is CCCNC(c1c(Cl)cnn1CC)C1C2CCCC21. The average molecular weight is 282 g/mol. The highest BCUT2D eigenvalue weighted by Crippen LogP contribution is 2.62. The number of hydrogen-bond donors (Lipinski definition) is 1. The summed E-state index contributed by atoms with van der Waals surface area (Å²) in [4.78, 5) is 0. The molecule has 0 spiro atoms. The van der Waals surface area contributed by atoms with Crippen molar-refractivity contribution in [1.29, 1.82) is 0 Å². The van der Waals surface area contributed by atoms with Crippen LogP contribution in [0, 0.1) is 17.8 Å². The Morgan fingerprint density at radius 1 is 1.42 bits per heavy atom. The average Bonchev–Trinajstić information content (AvgIpc) is 2.79. The first-order valence-corrected chi connectivity index (χ1v) is 8.10. The van der Waals surface area contributed by atoms with Crippen LogP contribution >= 0.6 is 11.6 Å². The molecule has 19 heavy (non-hydrogen) atoms. The second kappa shape index (κ2) is 5.45. The highest BCUT2D eigenvalue weighted by molar-refractivity contribution is 6.31. The number of fused-ring (bicyclic) bond motifs is 1. The third-order valence-corrected chi connectivity index (χ3v) is 5.19. The number of hydrogen-bond acceptors (Lipinski definition) is 2. The number of halogens is 1. The highest BCUT2D eigenvalue weighted by Gasteiger charge is 2.56. The van der Waals surface area contributed by atoms with E-state index in [1.807, 2.05) is 0 Å². The Kier molecular flexibility index (Phi) is 3.86. The van der Waals surface area contributed by atoms with Gasteiger partial charge in [0, 0.05) is 6.54 Å². The first-order valence-electron chi connectivity index (χ1n) is 7.72. The molecule has 0 aromatic carbocycles. The lowest BCUT2D eigenvalue weighted by Gasteiger charge is -2.22. The molecule has 2 saturated carbocycles. The van der Waals surface area contributed by atoms with E-state index in [0.29, 0.717) is 6.04 Å². The van der Waals surface area contributed by atoms with Crippen LogP contribution in [0.1, 0.15) is 51.3 Å². The molecule has 0 saturated heterocycles. The quantitative estimate of drug-likeness (QED) is 0.863. The van der Waals surface area contributed by atoms with Gasteiger partial charge in [0.1, 0.15) is 0 Å². The second-order valence-electron chi connectivity index (χ2n) is 5.96. The van der Waals surface area contributed by atoms with Gasteiger partial charge in [-0.25, -0.2) is 0 Å². The summed E-state index contributed by atoms with van der Waals surface area (Å²) in [7, 11) is 0. The van der Waals surface area contributed by atoms with E-state index >= 15 is 0 Å². The van der Waals surface area contributed by atoms with Crippen molar-refractivity contribution in [2.45, 2.75) is 52.1 Å². The number of rotatable bonds is 6. The number of aromatic nitrogens is 2. The van der Waals surface area contributed by atoms with E-state index in [1.165, 1.54) is 25.0 Å². The molecule has 1 aromatic heterocycles. The maximum Gasteiger partial charge on any atom is 0.0834 e. The Hall–Kier alpha value is -0.540. The lowest BCUT2D eigenvalue weighted by atomic mass is 10.0. The molecule has 0 bridgehead atoms. The van der Waals surface area contributed by atoms with E-state index in [0.717, 1.165) is 42.3 Å². The molecule has 0 aliphatic heterocycles. The van der Waals surface area contributed by atoms with Gasteiger partial charge in [0.15, 0.2) is 0 Å². The van der Waals surface area contributed by atoms with E-state index < -0.39 is 0 Å². The fraction of sp³-hybridized carbons (Fsp3) is 0.800. The topological polar surface area (TPSA) is 29.9 Å². The van der Waals surface area contributed by atoms with Crippen LogP contribution in [0.3, 0.4) is 0 Å². The maximum atomic E-state index is 6.40. The minimum absolute atomic E-state index is 0.408. The van der Waals surface area contributed by atoms with Crippen LogP contribution in [0.5, 0.6) is 0 Å². The van der Waals surface area contributed by atoms with Gasteiger partial charge in [-0.3, -0.25) is 4.68 Å². The fourth-order valence-corrected chi connectivity index (χ4v) is 4.28. The van der Waals surface area contributed by atoms with Gasteiger partial charge in [-0.15, -0.1) is 0 Å². The van der Waals surface area contributed by atoms with Crippen LogP contribution in [0.2, 0.25) is 5.02 Å². The van der Waals surface area contributed by atoms with Crippen LogP contribution in [-0.4, -0.2) is 16.3 Å². The van der Waals surface area contributed by atoms with Gasteiger partial charge >= 0.3 is 0 Å². The molecule has 4 heteroatoms. The predicted molar refractivity (Wildman–Crippen MR) is 78.3 cm³/mol. The monoisotopic (exact) mass is 281 g/mol. The van der Waals surface area contributed by atoms with Gasteiger partial charge in [-0.1, -0.05) is 24.9 Å². The summed E-state index contributed by atoms with van der Waals surface area (Å²) in [5, 5.41) is 8.98. The van der Waals surface area contributed by atoms with Crippen molar-refractivity contribution in [3.8, 4) is 0 Å². The molecule has 3 atom stereocenters. The van der Waals surface area contributed by atoms with Crippen LogP contribution in [0.25, 0.3) is 0 Å². The van der Waals surface area contributed by atoms with Crippen LogP contribution in [0.15, 0.2) is 6.20 Å². The van der Waals surface area contributed by atoms with E-state index in [1.54, 1.807) is 6.20 Å². The molecular weight excluding hydrogens is 258 g/mol. The highest BCUT2D eigenvalue weighted by atomic mass is 35.5. The van der Waals surface area contributed by atoms with Gasteiger partial charge < -0.3 is 5.32 Å². The van der Waals surface area contributed by atoms with Gasteiger partial charge in [0.25, 0.3) is 0 Å². The summed E-state index contributed by atoms with van der Waals surface area (Å²) in [5.41, 5.74) is 1.22. The Morgan fingerprint density at radius 3 is 2.79 bits per heavy atom. The third-order valence-electron chi connectivity index (χ3n) is 4.90. The molecule has 3 nitrogen and oxygen atoms in total. The molecular formula is C15H24ClN3. The molecule has 1 heterocycles. The van der Waals surface area contributed by atoms with Crippen molar-refractivity contribution in [1.82, 2.24) is 15.1 Å². The van der Waals surface area contributed by atoms with E-state index in [9.17, 15) is 0 Å². The number of nitrogens with one attached hydrogen (secondary N) is 1. The Balaban J connectivity index is 1.84. The van der Waals surface area contributed by atoms with Crippen LogP contribution < -0.4 is 5.32 Å². The molecule has 0 radical (unpaired) electrons. The summed E-state index contributed by atoms with van der Waals surface area (Å²) < 4.78 is 2.07. The lowest BCUT2D eigenvalue weighted by molar-refractivity contribution is 0.391. The molecule has 106 valence electrons. The first kappa shape index (κ1) is 13.4. The zero-order chi connectivity index (χ0) is 13.4. The smallest absolute Gasteiger partial charge is 0.0834 e. The minimum atomic E-state index is 0.408. The number of nitrogens with zero attached hydrogens (tertiary/aromatic N) is 2. The zero-order valence-electron chi connectivity index (χ0n) is 11.9. The van der Waals surface area contributed by atoms with E-state index in [4.69, 9.17) is 11.6 Å². The maximum absolute atomic E-state index is 6.40. The first-order chi connectivity index (χ1) is 9.27. The molecule has 0 amide bonds. The summed E-state index contributed by atoms with van der Waals surface area (Å²) in [6, 6.07) is 0.408. The molecule has 1 N–H and O–H groups in total. The Bertz CT molecular complexity index is 433. The van der Waals surface area contributed by atoms with E-state index in [-0.39, 0.29) is 0 Å². The van der Waals surface area contributed by atoms with Gasteiger partial charge in [-0.2, -0.15) is 5.10 Å². The summed E-state index contributed by atoms with van der Waals surface area (Å²) in [6.07, 6.45) is 7.22. The van der Waals surface area contributed by atoms with Crippen molar-refractivity contribution >= 4 is 11.6 Å². The van der Waals surface area contributed by atoms with Gasteiger partial charge in [0.05, 0.1) is 23.0 Å². The second-order valence-corrected chi connectivity index (χ2v) is 6.37.